The average molecular weight is 366 g/mol. The normalized spacial score (nSPS) is 18.3. The molecule has 27 heavy (non-hydrogen) atoms. The van der Waals surface area contributed by atoms with Crippen LogP contribution in [0.15, 0.2) is 36.4 Å². The minimum Gasteiger partial charge on any atom is -0.490 e. The van der Waals surface area contributed by atoms with Crippen molar-refractivity contribution in [1.29, 1.82) is 0 Å². The summed E-state index contributed by atoms with van der Waals surface area (Å²) in [6, 6.07) is 13.0. The van der Waals surface area contributed by atoms with Crippen LogP contribution in [-0.4, -0.2) is 37.3 Å². The van der Waals surface area contributed by atoms with Crippen LogP contribution >= 0.6 is 0 Å². The molecule has 0 bridgehead atoms. The van der Waals surface area contributed by atoms with Crippen LogP contribution in [0, 0.1) is 0 Å². The third-order valence-corrected chi connectivity index (χ3v) is 5.70. The molecule has 0 amide bonds. The largest absolute Gasteiger partial charge is 0.490 e. The van der Waals surface area contributed by atoms with Crippen molar-refractivity contribution in [2.75, 3.05) is 31.1 Å². The van der Waals surface area contributed by atoms with E-state index in [0.29, 0.717) is 12.0 Å². The highest BCUT2D eigenvalue weighted by Crippen LogP contribution is 2.34. The molecule has 4 nitrogen and oxygen atoms in total. The maximum Gasteiger partial charge on any atom is 0.129 e. The highest BCUT2D eigenvalue weighted by molar-refractivity contribution is 5.65. The highest BCUT2D eigenvalue weighted by Gasteiger charge is 2.20. The van der Waals surface area contributed by atoms with Crippen LogP contribution in [0.4, 0.5) is 5.82 Å². The summed E-state index contributed by atoms with van der Waals surface area (Å²) in [4.78, 5) is 7.32. The third-order valence-electron chi connectivity index (χ3n) is 5.70. The Morgan fingerprint density at radius 1 is 1.07 bits per heavy atom. The lowest BCUT2D eigenvalue weighted by molar-refractivity contribution is 0.207. The topological polar surface area (TPSA) is 37.4 Å². The predicted molar refractivity (Wildman–Crippen MR) is 112 cm³/mol. The van der Waals surface area contributed by atoms with Crippen molar-refractivity contribution >= 4 is 5.82 Å². The quantitative estimate of drug-likeness (QED) is 0.840. The molecule has 1 aliphatic carbocycles. The van der Waals surface area contributed by atoms with Gasteiger partial charge in [-0.25, -0.2) is 4.98 Å². The second-order valence-corrected chi connectivity index (χ2v) is 8.05. The Morgan fingerprint density at radius 3 is 2.59 bits per heavy atom. The fourth-order valence-corrected chi connectivity index (χ4v) is 4.11. The van der Waals surface area contributed by atoms with Crippen molar-refractivity contribution < 1.29 is 4.74 Å². The number of aromatic nitrogens is 1. The summed E-state index contributed by atoms with van der Waals surface area (Å²) in [6.07, 6.45) is 5.31. The number of hydrogen-bond acceptors (Lipinski definition) is 4. The zero-order valence-corrected chi connectivity index (χ0v) is 16.6. The van der Waals surface area contributed by atoms with Gasteiger partial charge in [0.05, 0.1) is 11.8 Å². The molecule has 0 radical (unpaired) electrons. The van der Waals surface area contributed by atoms with E-state index in [2.05, 4.69) is 60.5 Å². The first kappa shape index (κ1) is 18.3. The van der Waals surface area contributed by atoms with Crippen molar-refractivity contribution in [2.24, 2.45) is 0 Å². The van der Waals surface area contributed by atoms with Crippen LogP contribution in [0.2, 0.25) is 0 Å². The number of benzene rings is 1. The SMILES string of the molecule is CC(C)c1ccc(-c2cccc(N3CCNCC3)n2)cc1OC1CCCC1. The number of nitrogens with one attached hydrogen (secondary N) is 1. The maximum absolute atomic E-state index is 6.43. The molecule has 2 heterocycles. The Balaban J connectivity index is 1.62. The van der Waals surface area contributed by atoms with E-state index in [0.717, 1.165) is 49.0 Å². The molecule has 2 aliphatic rings. The number of piperazine rings is 1. The molecule has 0 spiro atoms. The molecule has 4 rings (SSSR count). The Bertz CT molecular complexity index is 762. The molecular weight excluding hydrogens is 334 g/mol. The summed E-state index contributed by atoms with van der Waals surface area (Å²) < 4.78 is 6.43. The number of anilines is 1. The first-order valence-corrected chi connectivity index (χ1v) is 10.4. The smallest absolute Gasteiger partial charge is 0.129 e. The van der Waals surface area contributed by atoms with Gasteiger partial charge in [0.25, 0.3) is 0 Å². The molecule has 0 unspecified atom stereocenters. The van der Waals surface area contributed by atoms with Gasteiger partial charge in [-0.1, -0.05) is 32.0 Å². The van der Waals surface area contributed by atoms with Gasteiger partial charge in [-0.05, 0) is 55.4 Å². The zero-order valence-electron chi connectivity index (χ0n) is 16.6. The van der Waals surface area contributed by atoms with Crippen molar-refractivity contribution in [3.8, 4) is 17.0 Å². The molecule has 1 saturated heterocycles. The van der Waals surface area contributed by atoms with Gasteiger partial charge in [0, 0.05) is 31.7 Å². The molecule has 0 atom stereocenters. The average Bonchev–Trinajstić information content (AvgIpc) is 3.21. The first-order chi connectivity index (χ1) is 13.2. The Hall–Kier alpha value is -2.07. The van der Waals surface area contributed by atoms with E-state index in [-0.39, 0.29) is 0 Å². The Labute approximate surface area is 162 Å². The molecule has 1 aliphatic heterocycles. The van der Waals surface area contributed by atoms with Crippen LogP contribution in [0.5, 0.6) is 5.75 Å². The van der Waals surface area contributed by atoms with Gasteiger partial charge in [0.15, 0.2) is 0 Å². The van der Waals surface area contributed by atoms with Gasteiger partial charge in [-0.2, -0.15) is 0 Å². The van der Waals surface area contributed by atoms with Gasteiger partial charge in [0.1, 0.15) is 11.6 Å². The van der Waals surface area contributed by atoms with Gasteiger partial charge < -0.3 is 15.0 Å². The summed E-state index contributed by atoms with van der Waals surface area (Å²) in [5, 5.41) is 3.40. The van der Waals surface area contributed by atoms with E-state index in [9.17, 15) is 0 Å². The van der Waals surface area contributed by atoms with Crippen LogP contribution in [0.3, 0.4) is 0 Å². The number of rotatable bonds is 5. The molecular formula is C23H31N3O. The fourth-order valence-electron chi connectivity index (χ4n) is 4.11. The van der Waals surface area contributed by atoms with Crippen molar-refractivity contribution in [3.63, 3.8) is 0 Å². The molecule has 2 aromatic rings. The van der Waals surface area contributed by atoms with E-state index in [1.54, 1.807) is 0 Å². The molecule has 1 N–H and O–H groups in total. The van der Waals surface area contributed by atoms with E-state index in [1.165, 1.54) is 31.2 Å². The minimum absolute atomic E-state index is 0.373. The second kappa shape index (κ2) is 8.30. The molecule has 2 fully saturated rings. The van der Waals surface area contributed by atoms with Crippen molar-refractivity contribution in [2.45, 2.75) is 51.6 Å². The second-order valence-electron chi connectivity index (χ2n) is 8.05. The van der Waals surface area contributed by atoms with Gasteiger partial charge in [0.2, 0.25) is 0 Å². The van der Waals surface area contributed by atoms with Crippen LogP contribution in [0.1, 0.15) is 51.0 Å². The van der Waals surface area contributed by atoms with E-state index >= 15 is 0 Å². The van der Waals surface area contributed by atoms with E-state index < -0.39 is 0 Å². The summed E-state index contributed by atoms with van der Waals surface area (Å²) in [6.45, 7) is 8.54. The number of pyridine rings is 1. The lowest BCUT2D eigenvalue weighted by Crippen LogP contribution is -2.43. The first-order valence-electron chi connectivity index (χ1n) is 10.4. The summed E-state index contributed by atoms with van der Waals surface area (Å²) >= 11 is 0. The lowest BCUT2D eigenvalue weighted by atomic mass is 9.99. The predicted octanol–water partition coefficient (Wildman–Crippen LogP) is 4.60. The lowest BCUT2D eigenvalue weighted by Gasteiger charge is -2.28. The maximum atomic E-state index is 6.43. The minimum atomic E-state index is 0.373. The van der Waals surface area contributed by atoms with Crippen LogP contribution in [-0.2, 0) is 0 Å². The number of nitrogens with zero attached hydrogens (tertiary/aromatic N) is 2. The van der Waals surface area contributed by atoms with Gasteiger partial charge in [-0.15, -0.1) is 0 Å². The summed E-state index contributed by atoms with van der Waals surface area (Å²) in [5.41, 5.74) is 3.46. The fraction of sp³-hybridized carbons (Fsp3) is 0.522. The van der Waals surface area contributed by atoms with E-state index in [1.807, 2.05) is 0 Å². The van der Waals surface area contributed by atoms with E-state index in [4.69, 9.17) is 9.72 Å². The zero-order chi connectivity index (χ0) is 18.6. The Kier molecular flexibility index (Phi) is 5.63. The van der Waals surface area contributed by atoms with Gasteiger partial charge >= 0.3 is 0 Å². The molecule has 144 valence electrons. The summed E-state index contributed by atoms with van der Waals surface area (Å²) in [5.74, 6) is 2.57. The Morgan fingerprint density at radius 2 is 1.85 bits per heavy atom. The van der Waals surface area contributed by atoms with Crippen molar-refractivity contribution in [1.82, 2.24) is 10.3 Å². The third kappa shape index (κ3) is 4.27. The van der Waals surface area contributed by atoms with Crippen LogP contribution < -0.4 is 15.0 Å². The highest BCUT2D eigenvalue weighted by atomic mass is 16.5. The summed E-state index contributed by atoms with van der Waals surface area (Å²) in [7, 11) is 0. The molecule has 1 saturated carbocycles. The number of hydrogen-bond donors (Lipinski definition) is 1. The standard InChI is InChI=1S/C23H31N3O/c1-17(2)20-11-10-18(16-22(20)27-19-6-3-4-7-19)21-8-5-9-23(25-21)26-14-12-24-13-15-26/h5,8-11,16-17,19,24H,3-4,6-7,12-15H2,1-2H3. The number of ether oxygens (including phenoxy) is 1. The van der Waals surface area contributed by atoms with Crippen molar-refractivity contribution in [3.05, 3.63) is 42.0 Å². The molecule has 1 aromatic heterocycles. The molecule has 4 heteroatoms. The van der Waals surface area contributed by atoms with Gasteiger partial charge in [-0.3, -0.25) is 0 Å². The monoisotopic (exact) mass is 365 g/mol. The van der Waals surface area contributed by atoms with Crippen LogP contribution in [0.25, 0.3) is 11.3 Å². The molecule has 1 aromatic carbocycles.